The van der Waals surface area contributed by atoms with Crippen molar-refractivity contribution in [3.63, 3.8) is 0 Å². The molecule has 2 amide bonds. The Morgan fingerprint density at radius 3 is 2.21 bits per heavy atom. The Bertz CT molecular complexity index is 1170. The minimum Gasteiger partial charge on any atom is -0.489 e. The van der Waals surface area contributed by atoms with Crippen LogP contribution in [0.5, 0.6) is 5.75 Å². The number of amides is 2. The van der Waals surface area contributed by atoms with Gasteiger partial charge in [0.15, 0.2) is 5.96 Å². The average molecular weight is 516 g/mol. The van der Waals surface area contributed by atoms with E-state index in [1.54, 1.807) is 0 Å². The molecule has 0 aliphatic heterocycles. The summed E-state index contributed by atoms with van der Waals surface area (Å²) in [6.45, 7) is 3.25. The Morgan fingerprint density at radius 2 is 1.55 bits per heavy atom. The van der Waals surface area contributed by atoms with Gasteiger partial charge in [0.2, 0.25) is 11.8 Å². The molecule has 0 bridgehead atoms. The summed E-state index contributed by atoms with van der Waals surface area (Å²) >= 11 is 0. The molecule has 0 unspecified atom stereocenters. The van der Waals surface area contributed by atoms with Crippen molar-refractivity contribution in [1.82, 2.24) is 10.6 Å². The number of guanidine groups is 1. The summed E-state index contributed by atoms with van der Waals surface area (Å²) in [5, 5.41) is 5.86. The molecular weight excluding hydrogens is 478 g/mol. The molecule has 3 aromatic rings. The number of benzene rings is 3. The Labute approximate surface area is 224 Å². The number of ether oxygens (including phenoxy) is 1. The van der Waals surface area contributed by atoms with Crippen molar-refractivity contribution in [2.24, 2.45) is 16.5 Å². The van der Waals surface area contributed by atoms with Crippen molar-refractivity contribution >= 4 is 17.8 Å². The molecular formula is C30H37N5O3. The fourth-order valence-corrected chi connectivity index (χ4v) is 3.80. The van der Waals surface area contributed by atoms with Crippen LogP contribution in [0.2, 0.25) is 0 Å². The highest BCUT2D eigenvalue weighted by Crippen LogP contribution is 2.20. The normalized spacial score (nSPS) is 11.3. The summed E-state index contributed by atoms with van der Waals surface area (Å²) in [5.74, 6) is 0.301. The molecule has 1 atom stereocenters. The number of carbonyl (C=O) groups is 2. The Balaban J connectivity index is 1.64. The highest BCUT2D eigenvalue weighted by atomic mass is 16.5. The topological polar surface area (TPSA) is 132 Å². The number of aliphatic imine (C=N–C) groups is 1. The van der Waals surface area contributed by atoms with Crippen LogP contribution >= 0.6 is 0 Å². The van der Waals surface area contributed by atoms with E-state index in [1.807, 2.05) is 78.9 Å². The highest BCUT2D eigenvalue weighted by molar-refractivity contribution is 5.88. The molecule has 8 heteroatoms. The molecule has 0 saturated carbocycles. The molecule has 200 valence electrons. The lowest BCUT2D eigenvalue weighted by Gasteiger charge is -2.19. The molecule has 0 aromatic heterocycles. The van der Waals surface area contributed by atoms with E-state index < -0.39 is 6.04 Å². The maximum absolute atomic E-state index is 13.2. The monoisotopic (exact) mass is 515 g/mol. The van der Waals surface area contributed by atoms with Crippen molar-refractivity contribution < 1.29 is 14.3 Å². The molecule has 8 nitrogen and oxygen atoms in total. The molecule has 0 saturated heterocycles. The Morgan fingerprint density at radius 1 is 0.868 bits per heavy atom. The number of hydrogen-bond acceptors (Lipinski definition) is 4. The second-order valence-corrected chi connectivity index (χ2v) is 9.08. The molecule has 0 radical (unpaired) electrons. The zero-order valence-corrected chi connectivity index (χ0v) is 21.9. The molecule has 0 heterocycles. The zero-order chi connectivity index (χ0) is 27.2. The predicted molar refractivity (Wildman–Crippen MR) is 150 cm³/mol. The number of rotatable bonds is 14. The number of carbonyl (C=O) groups excluding carboxylic acids is 2. The summed E-state index contributed by atoms with van der Waals surface area (Å²) < 4.78 is 5.87. The van der Waals surface area contributed by atoms with Crippen LogP contribution in [0.4, 0.5) is 0 Å². The minimum absolute atomic E-state index is 0.0416. The first-order valence-corrected chi connectivity index (χ1v) is 12.9. The number of nitrogens with one attached hydrogen (secondary N) is 2. The van der Waals surface area contributed by atoms with Gasteiger partial charge >= 0.3 is 0 Å². The third-order valence-electron chi connectivity index (χ3n) is 5.97. The van der Waals surface area contributed by atoms with Gasteiger partial charge in [-0.25, -0.2) is 4.99 Å². The van der Waals surface area contributed by atoms with Crippen LogP contribution in [0.15, 0.2) is 83.9 Å². The van der Waals surface area contributed by atoms with Gasteiger partial charge in [0.1, 0.15) is 18.4 Å². The van der Waals surface area contributed by atoms with E-state index in [4.69, 9.17) is 16.2 Å². The number of unbranched alkanes of at least 4 members (excludes halogenated alkanes) is 2. The minimum atomic E-state index is -0.812. The van der Waals surface area contributed by atoms with Crippen LogP contribution in [-0.4, -0.2) is 17.8 Å². The molecule has 3 aromatic carbocycles. The van der Waals surface area contributed by atoms with E-state index >= 15 is 0 Å². The molecule has 0 spiro atoms. The standard InChI is InChI=1S/C30H37N5O3/c1-2-3-5-10-27(36)35-28(25-15-17-26(18-16-25)38-21-24-8-6-4-7-9-24)29(37)33-19-22-11-13-23(14-12-22)20-34-30(31)32/h4,6-9,11-18,28H,2-3,5,10,19-21H2,1H3,(H,33,37)(H,35,36)(H4,31,32,34)/t28-/m0/s1. The van der Waals surface area contributed by atoms with Crippen molar-refractivity contribution in [2.75, 3.05) is 0 Å². The second-order valence-electron chi connectivity index (χ2n) is 9.08. The van der Waals surface area contributed by atoms with Crippen LogP contribution < -0.4 is 26.8 Å². The van der Waals surface area contributed by atoms with Gasteiger partial charge < -0.3 is 26.8 Å². The van der Waals surface area contributed by atoms with Crippen LogP contribution in [0.25, 0.3) is 0 Å². The number of nitrogens with two attached hydrogens (primary N) is 2. The second kappa shape index (κ2) is 15.0. The van der Waals surface area contributed by atoms with Gasteiger partial charge in [-0.3, -0.25) is 9.59 Å². The largest absolute Gasteiger partial charge is 0.489 e. The van der Waals surface area contributed by atoms with Gasteiger partial charge in [0.25, 0.3) is 0 Å². The third-order valence-corrected chi connectivity index (χ3v) is 5.97. The summed E-state index contributed by atoms with van der Waals surface area (Å²) in [5.41, 5.74) is 14.4. The fourth-order valence-electron chi connectivity index (χ4n) is 3.80. The molecule has 0 aliphatic rings. The molecule has 6 N–H and O–H groups in total. The van der Waals surface area contributed by atoms with Crippen LogP contribution in [0.3, 0.4) is 0 Å². The third kappa shape index (κ3) is 9.61. The predicted octanol–water partition coefficient (Wildman–Crippen LogP) is 4.09. The van der Waals surface area contributed by atoms with Crippen LogP contribution in [0, 0.1) is 0 Å². The van der Waals surface area contributed by atoms with Crippen molar-refractivity contribution in [1.29, 1.82) is 0 Å². The molecule has 0 aliphatic carbocycles. The lowest BCUT2D eigenvalue weighted by atomic mass is 10.0. The van der Waals surface area contributed by atoms with E-state index in [0.717, 1.165) is 36.0 Å². The van der Waals surface area contributed by atoms with Crippen molar-refractivity contribution in [3.8, 4) is 5.75 Å². The molecule has 3 rings (SSSR count). The number of nitrogens with zero attached hydrogens (tertiary/aromatic N) is 1. The van der Waals surface area contributed by atoms with Gasteiger partial charge in [-0.2, -0.15) is 0 Å². The summed E-state index contributed by atoms with van der Waals surface area (Å²) in [7, 11) is 0. The smallest absolute Gasteiger partial charge is 0.247 e. The van der Waals surface area contributed by atoms with Gasteiger partial charge in [0.05, 0.1) is 6.54 Å². The summed E-state index contributed by atoms with van der Waals surface area (Å²) in [6.07, 6.45) is 3.16. The van der Waals surface area contributed by atoms with Gasteiger partial charge in [-0.05, 0) is 40.8 Å². The van der Waals surface area contributed by atoms with Crippen molar-refractivity contribution in [2.45, 2.75) is 58.3 Å². The molecule has 38 heavy (non-hydrogen) atoms. The van der Waals surface area contributed by atoms with E-state index in [0.29, 0.717) is 37.4 Å². The zero-order valence-electron chi connectivity index (χ0n) is 21.9. The maximum Gasteiger partial charge on any atom is 0.247 e. The van der Waals surface area contributed by atoms with Crippen LogP contribution in [-0.2, 0) is 29.3 Å². The van der Waals surface area contributed by atoms with Crippen LogP contribution in [0.1, 0.15) is 60.9 Å². The Kier molecular flexibility index (Phi) is 11.2. The first-order chi connectivity index (χ1) is 18.4. The van der Waals surface area contributed by atoms with Crippen molar-refractivity contribution in [3.05, 3.63) is 101 Å². The van der Waals surface area contributed by atoms with E-state index in [9.17, 15) is 9.59 Å². The molecule has 0 fully saturated rings. The maximum atomic E-state index is 13.2. The lowest BCUT2D eigenvalue weighted by molar-refractivity contribution is -0.129. The SMILES string of the molecule is CCCCCC(=O)N[C@H](C(=O)NCc1ccc(CN=C(N)N)cc1)c1ccc(OCc2ccccc2)cc1. The fraction of sp³-hybridized carbons (Fsp3) is 0.300. The first kappa shape index (κ1) is 28.2. The van der Waals surface area contributed by atoms with E-state index in [-0.39, 0.29) is 17.8 Å². The average Bonchev–Trinajstić information content (AvgIpc) is 2.94. The first-order valence-electron chi connectivity index (χ1n) is 12.9. The lowest BCUT2D eigenvalue weighted by Crippen LogP contribution is -2.40. The summed E-state index contributed by atoms with van der Waals surface area (Å²) in [6, 6.07) is 24.0. The quantitative estimate of drug-likeness (QED) is 0.146. The highest BCUT2D eigenvalue weighted by Gasteiger charge is 2.22. The van der Waals surface area contributed by atoms with E-state index in [2.05, 4.69) is 22.5 Å². The Hall–Kier alpha value is -4.33. The van der Waals surface area contributed by atoms with E-state index in [1.165, 1.54) is 0 Å². The summed E-state index contributed by atoms with van der Waals surface area (Å²) in [4.78, 5) is 29.8. The van der Waals surface area contributed by atoms with Gasteiger partial charge in [0, 0.05) is 13.0 Å². The van der Waals surface area contributed by atoms with Gasteiger partial charge in [-0.15, -0.1) is 0 Å². The number of hydrogen-bond donors (Lipinski definition) is 4. The van der Waals surface area contributed by atoms with Gasteiger partial charge in [-0.1, -0.05) is 86.5 Å².